The zero-order chi connectivity index (χ0) is 13.7. The first kappa shape index (κ1) is 14.5. The molecule has 1 aromatic heterocycles. The van der Waals surface area contributed by atoms with Crippen LogP contribution in [0.15, 0.2) is 12.1 Å². The molecule has 2 N–H and O–H groups in total. The molecular formula is C14H22N2O2S. The number of carbonyl (C=O) groups excluding carboxylic acids is 1. The Morgan fingerprint density at radius 2 is 2.26 bits per heavy atom. The number of ether oxygens (including phenoxy) is 1. The standard InChI is InChI=1S/C14H22N2O2S/c1-18-14(17)12-8-7-10(16-12)9-15-11-5-3-4-6-13(11)19-2/h7-8,11,13,15-16H,3-6,9H2,1-2H3. The lowest BCUT2D eigenvalue weighted by Gasteiger charge is -2.31. The number of nitrogens with one attached hydrogen (secondary N) is 2. The molecule has 0 aliphatic heterocycles. The molecule has 1 fully saturated rings. The predicted octanol–water partition coefficient (Wildman–Crippen LogP) is 2.57. The van der Waals surface area contributed by atoms with Gasteiger partial charge in [-0.2, -0.15) is 11.8 Å². The van der Waals surface area contributed by atoms with Crippen molar-refractivity contribution < 1.29 is 9.53 Å². The summed E-state index contributed by atoms with van der Waals surface area (Å²) in [6.07, 6.45) is 7.40. The van der Waals surface area contributed by atoms with E-state index in [1.807, 2.05) is 17.8 Å². The molecule has 5 heteroatoms. The number of esters is 1. The van der Waals surface area contributed by atoms with Gasteiger partial charge in [-0.3, -0.25) is 0 Å². The summed E-state index contributed by atoms with van der Waals surface area (Å²) in [4.78, 5) is 14.4. The van der Waals surface area contributed by atoms with Gasteiger partial charge in [0.05, 0.1) is 7.11 Å². The van der Waals surface area contributed by atoms with Crippen molar-refractivity contribution in [3.05, 3.63) is 23.5 Å². The second-order valence-electron chi connectivity index (χ2n) is 4.93. The molecule has 1 heterocycles. The molecule has 1 aromatic rings. The monoisotopic (exact) mass is 282 g/mol. The van der Waals surface area contributed by atoms with Crippen LogP contribution in [0.3, 0.4) is 0 Å². The lowest BCUT2D eigenvalue weighted by molar-refractivity contribution is 0.0594. The Balaban J connectivity index is 1.87. The van der Waals surface area contributed by atoms with Crippen LogP contribution in [-0.2, 0) is 11.3 Å². The van der Waals surface area contributed by atoms with Crippen LogP contribution in [0.2, 0.25) is 0 Å². The number of aromatic nitrogens is 1. The lowest BCUT2D eigenvalue weighted by Crippen LogP contribution is -2.40. The van der Waals surface area contributed by atoms with E-state index in [2.05, 4.69) is 21.3 Å². The Labute approximate surface area is 118 Å². The summed E-state index contributed by atoms with van der Waals surface area (Å²) < 4.78 is 4.68. The number of methoxy groups -OCH3 is 1. The molecule has 1 saturated carbocycles. The van der Waals surface area contributed by atoms with Gasteiger partial charge in [-0.1, -0.05) is 12.8 Å². The van der Waals surface area contributed by atoms with Crippen LogP contribution in [0.5, 0.6) is 0 Å². The molecule has 1 aliphatic carbocycles. The average Bonchev–Trinajstić information content (AvgIpc) is 2.93. The third-order valence-corrected chi connectivity index (χ3v) is 4.88. The van der Waals surface area contributed by atoms with Crippen molar-refractivity contribution in [3.8, 4) is 0 Å². The van der Waals surface area contributed by atoms with Gasteiger partial charge in [-0.25, -0.2) is 4.79 Å². The van der Waals surface area contributed by atoms with Gasteiger partial charge in [0.25, 0.3) is 0 Å². The molecule has 0 aromatic carbocycles. The van der Waals surface area contributed by atoms with E-state index in [0.29, 0.717) is 17.0 Å². The second kappa shape index (κ2) is 7.01. The van der Waals surface area contributed by atoms with Crippen LogP contribution in [0.25, 0.3) is 0 Å². The normalized spacial score (nSPS) is 23.3. The van der Waals surface area contributed by atoms with Crippen molar-refractivity contribution >= 4 is 17.7 Å². The molecule has 1 aliphatic rings. The van der Waals surface area contributed by atoms with Gasteiger partial charge in [0.1, 0.15) is 5.69 Å². The van der Waals surface area contributed by atoms with Crippen LogP contribution in [0, 0.1) is 0 Å². The SMILES string of the molecule is COC(=O)c1ccc(CNC2CCCCC2SC)[nH]1. The summed E-state index contributed by atoms with van der Waals surface area (Å²) in [6.45, 7) is 0.777. The number of H-pyrrole nitrogens is 1. The molecule has 2 atom stereocenters. The highest BCUT2D eigenvalue weighted by molar-refractivity contribution is 7.99. The third-order valence-electron chi connectivity index (χ3n) is 3.71. The van der Waals surface area contributed by atoms with E-state index in [9.17, 15) is 4.79 Å². The van der Waals surface area contributed by atoms with Gasteiger partial charge in [0.15, 0.2) is 0 Å². The van der Waals surface area contributed by atoms with E-state index in [-0.39, 0.29) is 5.97 Å². The Morgan fingerprint density at radius 1 is 1.47 bits per heavy atom. The maximum Gasteiger partial charge on any atom is 0.354 e. The molecule has 0 amide bonds. The van der Waals surface area contributed by atoms with Crippen molar-refractivity contribution in [2.75, 3.05) is 13.4 Å². The minimum absolute atomic E-state index is 0.314. The molecule has 2 rings (SSSR count). The lowest BCUT2D eigenvalue weighted by atomic mass is 9.95. The Hall–Kier alpha value is -0.940. The molecule has 0 bridgehead atoms. The zero-order valence-electron chi connectivity index (χ0n) is 11.6. The summed E-state index contributed by atoms with van der Waals surface area (Å²) in [6, 6.07) is 4.29. The van der Waals surface area contributed by atoms with Crippen LogP contribution >= 0.6 is 11.8 Å². The summed E-state index contributed by atoms with van der Waals surface area (Å²) in [5.74, 6) is -0.314. The minimum Gasteiger partial charge on any atom is -0.464 e. The first-order chi connectivity index (χ1) is 9.24. The van der Waals surface area contributed by atoms with E-state index < -0.39 is 0 Å². The maximum atomic E-state index is 11.4. The molecule has 2 unspecified atom stereocenters. The van der Waals surface area contributed by atoms with Crippen molar-refractivity contribution in [2.24, 2.45) is 0 Å². The molecular weight excluding hydrogens is 260 g/mol. The van der Waals surface area contributed by atoms with Crippen molar-refractivity contribution in [1.29, 1.82) is 0 Å². The van der Waals surface area contributed by atoms with E-state index in [0.717, 1.165) is 12.2 Å². The van der Waals surface area contributed by atoms with Gasteiger partial charge in [0.2, 0.25) is 0 Å². The Morgan fingerprint density at radius 3 is 3.00 bits per heavy atom. The van der Waals surface area contributed by atoms with Crippen LogP contribution in [-0.4, -0.2) is 35.6 Å². The Kier molecular flexibility index (Phi) is 5.34. The van der Waals surface area contributed by atoms with Crippen molar-refractivity contribution in [2.45, 2.75) is 43.5 Å². The number of aromatic amines is 1. The molecule has 0 saturated heterocycles. The first-order valence-corrected chi connectivity index (χ1v) is 8.05. The van der Waals surface area contributed by atoms with E-state index in [4.69, 9.17) is 0 Å². The number of hydrogen-bond acceptors (Lipinski definition) is 4. The smallest absolute Gasteiger partial charge is 0.354 e. The van der Waals surface area contributed by atoms with Crippen molar-refractivity contribution in [1.82, 2.24) is 10.3 Å². The largest absolute Gasteiger partial charge is 0.464 e. The number of thioether (sulfide) groups is 1. The molecule has 19 heavy (non-hydrogen) atoms. The highest BCUT2D eigenvalue weighted by atomic mass is 32.2. The summed E-state index contributed by atoms with van der Waals surface area (Å²) in [7, 11) is 1.40. The molecule has 4 nitrogen and oxygen atoms in total. The van der Waals surface area contributed by atoms with Crippen LogP contribution < -0.4 is 5.32 Å². The maximum absolute atomic E-state index is 11.4. The zero-order valence-corrected chi connectivity index (χ0v) is 12.4. The summed E-state index contributed by atoms with van der Waals surface area (Å²) >= 11 is 1.96. The predicted molar refractivity (Wildman–Crippen MR) is 78.5 cm³/mol. The minimum atomic E-state index is -0.314. The first-order valence-electron chi connectivity index (χ1n) is 6.77. The van der Waals surface area contributed by atoms with Crippen molar-refractivity contribution in [3.63, 3.8) is 0 Å². The number of rotatable bonds is 5. The van der Waals surface area contributed by atoms with E-state index in [1.165, 1.54) is 32.8 Å². The summed E-state index contributed by atoms with van der Waals surface area (Å²) in [5.41, 5.74) is 1.55. The highest BCUT2D eigenvalue weighted by Gasteiger charge is 2.23. The van der Waals surface area contributed by atoms with Gasteiger partial charge >= 0.3 is 5.97 Å². The van der Waals surface area contributed by atoms with Gasteiger partial charge < -0.3 is 15.0 Å². The quantitative estimate of drug-likeness (QED) is 0.815. The third kappa shape index (κ3) is 3.76. The van der Waals surface area contributed by atoms with E-state index in [1.54, 1.807) is 6.07 Å². The van der Waals surface area contributed by atoms with Gasteiger partial charge in [-0.05, 0) is 31.2 Å². The fraction of sp³-hybridized carbons (Fsp3) is 0.643. The molecule has 0 radical (unpaired) electrons. The molecule has 106 valence electrons. The fourth-order valence-corrected chi connectivity index (χ4v) is 3.59. The average molecular weight is 282 g/mol. The number of hydrogen-bond donors (Lipinski definition) is 2. The molecule has 0 spiro atoms. The Bertz CT molecular complexity index is 419. The van der Waals surface area contributed by atoms with Crippen LogP contribution in [0.4, 0.5) is 0 Å². The highest BCUT2D eigenvalue weighted by Crippen LogP contribution is 2.27. The van der Waals surface area contributed by atoms with Gasteiger partial charge in [0, 0.05) is 23.5 Å². The topological polar surface area (TPSA) is 54.1 Å². The fourth-order valence-electron chi connectivity index (χ4n) is 2.63. The summed E-state index contributed by atoms with van der Waals surface area (Å²) in [5, 5.41) is 4.32. The number of carbonyl (C=O) groups is 1. The van der Waals surface area contributed by atoms with Gasteiger partial charge in [-0.15, -0.1) is 0 Å². The van der Waals surface area contributed by atoms with E-state index >= 15 is 0 Å². The second-order valence-corrected chi connectivity index (χ2v) is 6.01. The van der Waals surface area contributed by atoms with Crippen LogP contribution in [0.1, 0.15) is 41.9 Å².